The highest BCUT2D eigenvalue weighted by atomic mass is 79.9. The van der Waals surface area contributed by atoms with Gasteiger partial charge in [0.2, 0.25) is 0 Å². The Morgan fingerprint density at radius 3 is 2.20 bits per heavy atom. The lowest BCUT2D eigenvalue weighted by Crippen LogP contribution is -2.15. The molecule has 82 valence electrons. The van der Waals surface area contributed by atoms with Crippen molar-refractivity contribution in [2.75, 3.05) is 5.32 Å². The third-order valence-corrected chi connectivity index (χ3v) is 4.14. The molecule has 0 aromatic heterocycles. The van der Waals surface area contributed by atoms with Crippen LogP contribution in [0.3, 0.4) is 0 Å². The van der Waals surface area contributed by atoms with Gasteiger partial charge in [-0.2, -0.15) is 0 Å². The molecule has 1 nitrogen and oxygen atoms in total. The van der Waals surface area contributed by atoms with Crippen LogP contribution in [-0.2, 0) is 0 Å². The zero-order valence-corrected chi connectivity index (χ0v) is 12.0. The minimum absolute atomic E-state index is 0.653. The summed E-state index contributed by atoms with van der Waals surface area (Å²) in [6.45, 7) is 2.11. The molecule has 1 aliphatic carbocycles. The van der Waals surface area contributed by atoms with Crippen LogP contribution in [0.15, 0.2) is 21.1 Å². The Hall–Kier alpha value is -0.0200. The van der Waals surface area contributed by atoms with Crippen LogP contribution in [0.1, 0.15) is 31.2 Å². The molecule has 1 fully saturated rings. The van der Waals surface area contributed by atoms with E-state index >= 15 is 0 Å². The van der Waals surface area contributed by atoms with E-state index in [0.717, 1.165) is 8.95 Å². The molecule has 3 heteroatoms. The number of benzene rings is 1. The zero-order chi connectivity index (χ0) is 10.8. The van der Waals surface area contributed by atoms with E-state index in [-0.39, 0.29) is 0 Å². The van der Waals surface area contributed by atoms with Crippen molar-refractivity contribution in [1.29, 1.82) is 0 Å². The maximum atomic E-state index is 3.61. The van der Waals surface area contributed by atoms with Gasteiger partial charge in [-0.05, 0) is 69.3 Å². The molecule has 1 aromatic rings. The van der Waals surface area contributed by atoms with E-state index in [9.17, 15) is 0 Å². The van der Waals surface area contributed by atoms with Gasteiger partial charge >= 0.3 is 0 Å². The van der Waals surface area contributed by atoms with Crippen LogP contribution in [0.4, 0.5) is 5.69 Å². The van der Waals surface area contributed by atoms with Gasteiger partial charge in [-0.3, -0.25) is 0 Å². The predicted molar refractivity (Wildman–Crippen MR) is 72.5 cm³/mol. The lowest BCUT2D eigenvalue weighted by Gasteiger charge is -2.17. The Morgan fingerprint density at radius 1 is 1.13 bits per heavy atom. The first-order valence-electron chi connectivity index (χ1n) is 5.39. The highest BCUT2D eigenvalue weighted by Crippen LogP contribution is 2.34. The minimum atomic E-state index is 0.653. The van der Waals surface area contributed by atoms with E-state index in [0.29, 0.717) is 6.04 Å². The summed E-state index contributed by atoms with van der Waals surface area (Å²) in [7, 11) is 0. The summed E-state index contributed by atoms with van der Waals surface area (Å²) in [5.41, 5.74) is 2.47. The van der Waals surface area contributed by atoms with Gasteiger partial charge < -0.3 is 5.32 Å². The average Bonchev–Trinajstić information content (AvgIpc) is 2.63. The van der Waals surface area contributed by atoms with Gasteiger partial charge in [0, 0.05) is 15.0 Å². The zero-order valence-electron chi connectivity index (χ0n) is 8.82. The second-order valence-electron chi connectivity index (χ2n) is 4.23. The molecule has 0 aliphatic heterocycles. The normalized spacial score (nSPS) is 17.0. The fraction of sp³-hybridized carbons (Fsp3) is 0.500. The molecule has 1 aliphatic rings. The third kappa shape index (κ3) is 2.76. The molecular weight excluding hydrogens is 318 g/mol. The Bertz CT molecular complexity index is 334. The lowest BCUT2D eigenvalue weighted by atomic mass is 10.2. The summed E-state index contributed by atoms with van der Waals surface area (Å²) >= 11 is 7.23. The van der Waals surface area contributed by atoms with Gasteiger partial charge in [-0.15, -0.1) is 0 Å². The van der Waals surface area contributed by atoms with Gasteiger partial charge in [0.25, 0.3) is 0 Å². The second-order valence-corrected chi connectivity index (χ2v) is 5.94. The van der Waals surface area contributed by atoms with Crippen molar-refractivity contribution in [2.24, 2.45) is 0 Å². The first-order chi connectivity index (χ1) is 7.16. The Kier molecular flexibility index (Phi) is 3.73. The van der Waals surface area contributed by atoms with Gasteiger partial charge in [-0.1, -0.05) is 12.8 Å². The summed E-state index contributed by atoms with van der Waals surface area (Å²) in [6, 6.07) is 4.96. The van der Waals surface area contributed by atoms with Crippen LogP contribution in [0.25, 0.3) is 0 Å². The van der Waals surface area contributed by atoms with Crippen molar-refractivity contribution in [3.8, 4) is 0 Å². The van der Waals surface area contributed by atoms with Crippen LogP contribution in [-0.4, -0.2) is 6.04 Å². The number of aryl methyl sites for hydroxylation is 1. The largest absolute Gasteiger partial charge is 0.380 e. The predicted octanol–water partition coefficient (Wildman–Crippen LogP) is 4.87. The number of halogens is 2. The molecule has 1 aromatic carbocycles. The number of rotatable bonds is 2. The third-order valence-electron chi connectivity index (χ3n) is 2.89. The summed E-state index contributed by atoms with van der Waals surface area (Å²) in [5.74, 6) is 0. The van der Waals surface area contributed by atoms with E-state index in [2.05, 4.69) is 56.2 Å². The number of hydrogen-bond donors (Lipinski definition) is 1. The summed E-state index contributed by atoms with van der Waals surface area (Å²) in [6.07, 6.45) is 5.32. The Labute approximate surface area is 108 Å². The van der Waals surface area contributed by atoms with Crippen molar-refractivity contribution in [3.63, 3.8) is 0 Å². The molecular formula is C12H15Br2N. The van der Waals surface area contributed by atoms with E-state index in [4.69, 9.17) is 0 Å². The van der Waals surface area contributed by atoms with E-state index in [1.54, 1.807) is 0 Å². The first kappa shape index (κ1) is 11.5. The molecule has 0 heterocycles. The molecule has 2 rings (SSSR count). The van der Waals surface area contributed by atoms with Gasteiger partial charge in [-0.25, -0.2) is 0 Å². The Balaban J connectivity index is 2.19. The van der Waals surface area contributed by atoms with Crippen molar-refractivity contribution in [1.82, 2.24) is 0 Å². The van der Waals surface area contributed by atoms with Gasteiger partial charge in [0.05, 0.1) is 5.69 Å². The standard InChI is InChI=1S/C12H15Br2N/c1-8-6-10(13)12(11(14)7-8)15-9-4-2-3-5-9/h6-7,9,15H,2-5H2,1H3. The maximum Gasteiger partial charge on any atom is 0.0631 e. The molecule has 0 spiro atoms. The molecule has 1 saturated carbocycles. The van der Waals surface area contributed by atoms with E-state index in [1.165, 1.54) is 36.9 Å². The average molecular weight is 333 g/mol. The molecule has 0 atom stereocenters. The van der Waals surface area contributed by atoms with Crippen LogP contribution in [0.5, 0.6) is 0 Å². The van der Waals surface area contributed by atoms with Crippen molar-refractivity contribution in [3.05, 3.63) is 26.6 Å². The molecule has 0 amide bonds. The Morgan fingerprint density at radius 2 is 1.67 bits per heavy atom. The second kappa shape index (κ2) is 4.88. The van der Waals surface area contributed by atoms with Crippen molar-refractivity contribution >= 4 is 37.5 Å². The fourth-order valence-corrected chi connectivity index (χ4v) is 3.76. The monoisotopic (exact) mass is 331 g/mol. The highest BCUT2D eigenvalue weighted by molar-refractivity contribution is 9.11. The topological polar surface area (TPSA) is 12.0 Å². The molecule has 15 heavy (non-hydrogen) atoms. The van der Waals surface area contributed by atoms with Crippen LogP contribution in [0, 0.1) is 6.92 Å². The SMILES string of the molecule is Cc1cc(Br)c(NC2CCCC2)c(Br)c1. The number of hydrogen-bond acceptors (Lipinski definition) is 1. The smallest absolute Gasteiger partial charge is 0.0631 e. The lowest BCUT2D eigenvalue weighted by molar-refractivity contribution is 0.754. The molecule has 0 bridgehead atoms. The maximum absolute atomic E-state index is 3.61. The van der Waals surface area contributed by atoms with Gasteiger partial charge in [0.1, 0.15) is 0 Å². The summed E-state index contributed by atoms with van der Waals surface area (Å²) < 4.78 is 2.31. The number of anilines is 1. The molecule has 1 N–H and O–H groups in total. The van der Waals surface area contributed by atoms with E-state index in [1.807, 2.05) is 0 Å². The highest BCUT2D eigenvalue weighted by Gasteiger charge is 2.16. The van der Waals surface area contributed by atoms with Crippen LogP contribution in [0.2, 0.25) is 0 Å². The van der Waals surface area contributed by atoms with Gasteiger partial charge in [0.15, 0.2) is 0 Å². The molecule has 0 radical (unpaired) electrons. The minimum Gasteiger partial charge on any atom is -0.380 e. The van der Waals surface area contributed by atoms with Crippen molar-refractivity contribution < 1.29 is 0 Å². The van der Waals surface area contributed by atoms with Crippen molar-refractivity contribution in [2.45, 2.75) is 38.6 Å². The summed E-state index contributed by atoms with van der Waals surface area (Å²) in [5, 5.41) is 3.61. The fourth-order valence-electron chi connectivity index (χ4n) is 2.11. The number of nitrogens with one attached hydrogen (secondary N) is 1. The molecule has 0 unspecified atom stereocenters. The first-order valence-corrected chi connectivity index (χ1v) is 6.97. The summed E-state index contributed by atoms with van der Waals surface area (Å²) in [4.78, 5) is 0. The van der Waals surface area contributed by atoms with Crippen LogP contribution < -0.4 is 5.32 Å². The van der Waals surface area contributed by atoms with E-state index < -0.39 is 0 Å². The van der Waals surface area contributed by atoms with Crippen LogP contribution >= 0.6 is 31.9 Å². The quantitative estimate of drug-likeness (QED) is 0.814. The molecule has 0 saturated heterocycles.